The normalized spacial score (nSPS) is 10.9. The smallest absolute Gasteiger partial charge is 0.418 e. The van der Waals surface area contributed by atoms with Crippen LogP contribution < -0.4 is 0 Å². The molecule has 5 heteroatoms. The van der Waals surface area contributed by atoms with E-state index in [1.807, 2.05) is 48.5 Å². The van der Waals surface area contributed by atoms with Gasteiger partial charge in [-0.1, -0.05) is 29.8 Å². The molecule has 0 saturated heterocycles. The molecule has 0 amide bonds. The highest BCUT2D eigenvalue weighted by Crippen LogP contribution is 2.33. The van der Waals surface area contributed by atoms with Gasteiger partial charge in [-0.15, -0.1) is 0 Å². The third-order valence-corrected chi connectivity index (χ3v) is 4.36. The highest BCUT2D eigenvalue weighted by atomic mass is 127. The summed E-state index contributed by atoms with van der Waals surface area (Å²) in [4.78, 5) is 12.4. The fraction of sp³-hybridized carbons (Fsp3) is 0.118. The van der Waals surface area contributed by atoms with Crippen LogP contribution in [-0.4, -0.2) is 17.3 Å². The van der Waals surface area contributed by atoms with Gasteiger partial charge in [0.15, 0.2) is 0 Å². The molecule has 0 spiro atoms. The Balaban J connectivity index is 2.31. The van der Waals surface area contributed by atoms with Gasteiger partial charge in [0.2, 0.25) is 0 Å². The Labute approximate surface area is 147 Å². The fourth-order valence-corrected chi connectivity index (χ4v) is 3.19. The lowest BCUT2D eigenvalue weighted by Gasteiger charge is -2.10. The second kappa shape index (κ2) is 6.30. The van der Waals surface area contributed by atoms with Crippen LogP contribution in [0.1, 0.15) is 6.92 Å². The number of benzene rings is 2. The number of halogens is 2. The number of hydrogen-bond donors (Lipinski definition) is 0. The molecule has 0 atom stereocenters. The molecular weight excluding hydrogens is 413 g/mol. The van der Waals surface area contributed by atoms with E-state index in [2.05, 4.69) is 22.6 Å². The van der Waals surface area contributed by atoms with Gasteiger partial charge in [0.05, 0.1) is 17.8 Å². The zero-order chi connectivity index (χ0) is 15.7. The molecule has 3 aromatic rings. The highest BCUT2D eigenvalue weighted by Gasteiger charge is 2.18. The Morgan fingerprint density at radius 2 is 2.00 bits per heavy atom. The van der Waals surface area contributed by atoms with E-state index in [9.17, 15) is 4.79 Å². The Kier molecular flexibility index (Phi) is 4.40. The molecule has 0 aliphatic rings. The summed E-state index contributed by atoms with van der Waals surface area (Å²) in [6, 6.07) is 15.4. The molecule has 0 saturated carbocycles. The third-order valence-electron chi connectivity index (χ3n) is 3.36. The molecule has 0 aliphatic carbocycles. The van der Waals surface area contributed by atoms with E-state index in [0.717, 1.165) is 25.7 Å². The SMILES string of the molecule is CCOC(=O)n1c(-c2ccccc2Cl)cc2cc(I)ccc21. The van der Waals surface area contributed by atoms with Gasteiger partial charge in [-0.05, 0) is 59.8 Å². The molecule has 112 valence electrons. The van der Waals surface area contributed by atoms with Crippen molar-refractivity contribution in [3.8, 4) is 11.3 Å². The van der Waals surface area contributed by atoms with Gasteiger partial charge in [-0.25, -0.2) is 9.36 Å². The van der Waals surface area contributed by atoms with Gasteiger partial charge in [0, 0.05) is 19.5 Å². The van der Waals surface area contributed by atoms with Crippen LogP contribution in [0.15, 0.2) is 48.5 Å². The Morgan fingerprint density at radius 3 is 2.73 bits per heavy atom. The van der Waals surface area contributed by atoms with Crippen molar-refractivity contribution in [3.05, 3.63) is 57.1 Å². The first-order chi connectivity index (χ1) is 10.6. The maximum absolute atomic E-state index is 12.4. The molecule has 0 fully saturated rings. The predicted octanol–water partition coefficient (Wildman–Crippen LogP) is 5.57. The number of ether oxygens (including phenoxy) is 1. The topological polar surface area (TPSA) is 31.2 Å². The average molecular weight is 426 g/mol. The van der Waals surface area contributed by atoms with Gasteiger partial charge in [0.1, 0.15) is 0 Å². The van der Waals surface area contributed by atoms with Crippen molar-refractivity contribution in [2.45, 2.75) is 6.92 Å². The van der Waals surface area contributed by atoms with Gasteiger partial charge < -0.3 is 4.74 Å². The minimum absolute atomic E-state index is 0.324. The number of carbonyl (C=O) groups excluding carboxylic acids is 1. The van der Waals surface area contributed by atoms with Gasteiger partial charge in [-0.2, -0.15) is 0 Å². The van der Waals surface area contributed by atoms with Crippen molar-refractivity contribution in [3.63, 3.8) is 0 Å². The molecular formula is C17H13ClINO2. The lowest BCUT2D eigenvalue weighted by molar-refractivity contribution is 0.155. The summed E-state index contributed by atoms with van der Waals surface area (Å²) in [5.41, 5.74) is 2.36. The maximum atomic E-state index is 12.4. The maximum Gasteiger partial charge on any atom is 0.418 e. The Morgan fingerprint density at radius 1 is 1.23 bits per heavy atom. The average Bonchev–Trinajstić information content (AvgIpc) is 2.86. The van der Waals surface area contributed by atoms with E-state index >= 15 is 0 Å². The van der Waals surface area contributed by atoms with E-state index in [-0.39, 0.29) is 0 Å². The molecule has 0 aliphatic heterocycles. The first kappa shape index (κ1) is 15.4. The van der Waals surface area contributed by atoms with Crippen LogP contribution in [0.2, 0.25) is 5.02 Å². The summed E-state index contributed by atoms with van der Waals surface area (Å²) in [6.45, 7) is 2.12. The summed E-state index contributed by atoms with van der Waals surface area (Å²) < 4.78 is 7.89. The van der Waals surface area contributed by atoms with Crippen molar-refractivity contribution in [1.82, 2.24) is 4.57 Å². The molecule has 22 heavy (non-hydrogen) atoms. The molecule has 0 N–H and O–H groups in total. The van der Waals surface area contributed by atoms with Crippen LogP contribution in [0.4, 0.5) is 4.79 Å². The van der Waals surface area contributed by atoms with Crippen molar-refractivity contribution in [1.29, 1.82) is 0 Å². The number of nitrogens with zero attached hydrogens (tertiary/aromatic N) is 1. The van der Waals surface area contributed by atoms with E-state index in [0.29, 0.717) is 11.6 Å². The van der Waals surface area contributed by atoms with Crippen molar-refractivity contribution in [2.75, 3.05) is 6.61 Å². The second-order valence-electron chi connectivity index (χ2n) is 4.75. The van der Waals surface area contributed by atoms with E-state index in [4.69, 9.17) is 16.3 Å². The van der Waals surface area contributed by atoms with Crippen LogP contribution in [-0.2, 0) is 4.74 Å². The Bertz CT molecular complexity index is 857. The van der Waals surface area contributed by atoms with Crippen LogP contribution in [0.5, 0.6) is 0 Å². The molecule has 0 radical (unpaired) electrons. The van der Waals surface area contributed by atoms with Gasteiger partial charge in [0.25, 0.3) is 0 Å². The van der Waals surface area contributed by atoms with Crippen LogP contribution in [0, 0.1) is 3.57 Å². The second-order valence-corrected chi connectivity index (χ2v) is 6.40. The minimum atomic E-state index is -0.395. The lowest BCUT2D eigenvalue weighted by Crippen LogP contribution is -2.14. The van der Waals surface area contributed by atoms with E-state index in [1.54, 1.807) is 11.5 Å². The number of fused-ring (bicyclic) bond motifs is 1. The largest absolute Gasteiger partial charge is 0.449 e. The standard InChI is InChI=1S/C17H13ClINO2/c1-2-22-17(21)20-15-8-7-12(19)9-11(15)10-16(20)13-5-3-4-6-14(13)18/h3-10H,2H2,1H3. The zero-order valence-electron chi connectivity index (χ0n) is 11.8. The molecule has 3 nitrogen and oxygen atoms in total. The molecule has 0 unspecified atom stereocenters. The highest BCUT2D eigenvalue weighted by molar-refractivity contribution is 14.1. The van der Waals surface area contributed by atoms with E-state index in [1.165, 1.54) is 0 Å². The van der Waals surface area contributed by atoms with Crippen LogP contribution in [0.25, 0.3) is 22.2 Å². The van der Waals surface area contributed by atoms with Crippen LogP contribution >= 0.6 is 34.2 Å². The van der Waals surface area contributed by atoms with Gasteiger partial charge >= 0.3 is 6.09 Å². The monoisotopic (exact) mass is 425 g/mol. The van der Waals surface area contributed by atoms with Crippen molar-refractivity contribution in [2.24, 2.45) is 0 Å². The first-order valence-corrected chi connectivity index (χ1v) is 8.30. The molecule has 1 aromatic heterocycles. The summed E-state index contributed by atoms with van der Waals surface area (Å²) in [7, 11) is 0. The Hall–Kier alpha value is -1.53. The van der Waals surface area contributed by atoms with Gasteiger partial charge in [-0.3, -0.25) is 0 Å². The lowest BCUT2D eigenvalue weighted by atomic mass is 10.1. The summed E-state index contributed by atoms with van der Waals surface area (Å²) >= 11 is 8.56. The summed E-state index contributed by atoms with van der Waals surface area (Å²) in [6.07, 6.45) is -0.395. The van der Waals surface area contributed by atoms with E-state index < -0.39 is 6.09 Å². The summed E-state index contributed by atoms with van der Waals surface area (Å²) in [5.74, 6) is 0. The number of carbonyl (C=O) groups is 1. The fourth-order valence-electron chi connectivity index (χ4n) is 2.44. The number of hydrogen-bond acceptors (Lipinski definition) is 2. The van der Waals surface area contributed by atoms with Crippen molar-refractivity contribution >= 4 is 51.2 Å². The first-order valence-electron chi connectivity index (χ1n) is 6.85. The number of rotatable bonds is 2. The molecule has 0 bridgehead atoms. The number of aromatic nitrogens is 1. The van der Waals surface area contributed by atoms with Crippen molar-refractivity contribution < 1.29 is 9.53 Å². The molecule has 1 heterocycles. The summed E-state index contributed by atoms with van der Waals surface area (Å²) in [5, 5.41) is 1.58. The molecule has 2 aromatic carbocycles. The quantitative estimate of drug-likeness (QED) is 0.503. The van der Waals surface area contributed by atoms with Crippen LogP contribution in [0.3, 0.4) is 0 Å². The predicted molar refractivity (Wildman–Crippen MR) is 97.5 cm³/mol. The molecule has 3 rings (SSSR count). The minimum Gasteiger partial charge on any atom is -0.449 e. The zero-order valence-corrected chi connectivity index (χ0v) is 14.8. The third kappa shape index (κ3) is 2.73.